The molecular weight excluding hydrogens is 250 g/mol. The van der Waals surface area contributed by atoms with Crippen molar-refractivity contribution in [2.24, 2.45) is 0 Å². The first-order valence-electron chi connectivity index (χ1n) is 5.27. The Kier molecular flexibility index (Phi) is 3.15. The van der Waals surface area contributed by atoms with E-state index in [1.165, 1.54) is 30.3 Å². The second-order valence-electron chi connectivity index (χ2n) is 3.71. The van der Waals surface area contributed by atoms with Crippen LogP contribution in [0.1, 0.15) is 15.9 Å². The van der Waals surface area contributed by atoms with Crippen molar-refractivity contribution in [1.82, 2.24) is 0 Å². The zero-order valence-electron chi connectivity index (χ0n) is 9.70. The Bertz CT molecular complexity index is 671. The Hall–Kier alpha value is -2.89. The van der Waals surface area contributed by atoms with Gasteiger partial charge in [-0.15, -0.1) is 0 Å². The van der Waals surface area contributed by atoms with E-state index in [-0.39, 0.29) is 11.3 Å². The molecule has 0 bridgehead atoms. The minimum atomic E-state index is -1.09. The van der Waals surface area contributed by atoms with Crippen LogP contribution in [0.25, 0.3) is 17.4 Å². The van der Waals surface area contributed by atoms with E-state index in [4.69, 9.17) is 9.52 Å². The van der Waals surface area contributed by atoms with Crippen molar-refractivity contribution in [1.29, 1.82) is 0 Å². The molecule has 1 N–H and O–H groups in total. The van der Waals surface area contributed by atoms with Gasteiger partial charge in [0.2, 0.25) is 0 Å². The number of hydrogen-bond acceptors (Lipinski definition) is 4. The zero-order valence-corrected chi connectivity index (χ0v) is 9.70. The summed E-state index contributed by atoms with van der Waals surface area (Å²) in [6, 6.07) is 7.03. The number of benzene rings is 1. The van der Waals surface area contributed by atoms with Crippen molar-refractivity contribution in [3.05, 3.63) is 58.2 Å². The average Bonchev–Trinajstić information content (AvgIpc) is 2.87. The number of nitro groups is 1. The lowest BCUT2D eigenvalue weighted by Gasteiger charge is -2.04. The van der Waals surface area contributed by atoms with Crippen molar-refractivity contribution in [2.75, 3.05) is 0 Å². The minimum Gasteiger partial charge on any atom is -0.478 e. The molecule has 0 amide bonds. The molecule has 19 heavy (non-hydrogen) atoms. The summed E-state index contributed by atoms with van der Waals surface area (Å²) in [7, 11) is 0. The van der Waals surface area contributed by atoms with Gasteiger partial charge in [-0.2, -0.15) is 0 Å². The maximum atomic E-state index is 10.9. The highest BCUT2D eigenvalue weighted by atomic mass is 16.6. The predicted molar refractivity (Wildman–Crippen MR) is 67.8 cm³/mol. The number of rotatable bonds is 4. The average molecular weight is 259 g/mol. The van der Waals surface area contributed by atoms with Crippen LogP contribution in [0, 0.1) is 10.1 Å². The van der Waals surface area contributed by atoms with Gasteiger partial charge in [0.15, 0.2) is 0 Å². The van der Waals surface area contributed by atoms with Crippen LogP contribution >= 0.6 is 0 Å². The standard InChI is InChI=1S/C13H9NO5/c1-2-8-3-4-9(13(15)16)7-10(8)11-5-6-12(19-11)14(17)18/h2-7H,1H2,(H,15,16). The molecule has 0 aliphatic carbocycles. The van der Waals surface area contributed by atoms with E-state index in [9.17, 15) is 14.9 Å². The van der Waals surface area contributed by atoms with E-state index in [1.54, 1.807) is 6.07 Å². The maximum absolute atomic E-state index is 10.9. The first-order chi connectivity index (χ1) is 9.02. The van der Waals surface area contributed by atoms with Gasteiger partial charge < -0.3 is 9.52 Å². The molecule has 6 nitrogen and oxygen atoms in total. The normalized spacial score (nSPS) is 10.1. The summed E-state index contributed by atoms with van der Waals surface area (Å²) in [5, 5.41) is 19.5. The molecule has 0 radical (unpaired) electrons. The third-order valence-corrected chi connectivity index (χ3v) is 2.56. The molecule has 96 valence electrons. The highest BCUT2D eigenvalue weighted by Gasteiger charge is 2.16. The summed E-state index contributed by atoms with van der Waals surface area (Å²) in [5.41, 5.74) is 1.15. The van der Waals surface area contributed by atoms with Crippen molar-refractivity contribution in [3.63, 3.8) is 0 Å². The topological polar surface area (TPSA) is 93.6 Å². The SMILES string of the molecule is C=Cc1ccc(C(=O)O)cc1-c1ccc([N+](=O)[O-])o1. The number of carboxylic acid groups (broad SMARTS) is 1. The van der Waals surface area contributed by atoms with Crippen molar-refractivity contribution in [3.8, 4) is 11.3 Å². The lowest BCUT2D eigenvalue weighted by atomic mass is 10.0. The lowest BCUT2D eigenvalue weighted by molar-refractivity contribution is -0.401. The van der Waals surface area contributed by atoms with Crippen LogP contribution in [0.5, 0.6) is 0 Å². The lowest BCUT2D eigenvalue weighted by Crippen LogP contribution is -1.97. The van der Waals surface area contributed by atoms with Gasteiger partial charge in [0.05, 0.1) is 11.6 Å². The Morgan fingerprint density at radius 1 is 1.37 bits per heavy atom. The summed E-state index contributed by atoms with van der Waals surface area (Å²) < 4.78 is 5.07. The zero-order chi connectivity index (χ0) is 14.0. The van der Waals surface area contributed by atoms with E-state index >= 15 is 0 Å². The smallest absolute Gasteiger partial charge is 0.433 e. The molecule has 0 atom stereocenters. The number of carbonyl (C=O) groups is 1. The van der Waals surface area contributed by atoms with E-state index in [0.29, 0.717) is 11.1 Å². The first kappa shape index (κ1) is 12.6. The van der Waals surface area contributed by atoms with Gasteiger partial charge in [-0.25, -0.2) is 4.79 Å². The number of nitrogens with zero attached hydrogens (tertiary/aromatic N) is 1. The van der Waals surface area contributed by atoms with Crippen molar-refractivity contribution in [2.45, 2.75) is 0 Å². The highest BCUT2D eigenvalue weighted by molar-refractivity contribution is 5.90. The first-order valence-corrected chi connectivity index (χ1v) is 5.27. The molecule has 1 aromatic heterocycles. The summed E-state index contributed by atoms with van der Waals surface area (Å²) in [6.07, 6.45) is 1.52. The second kappa shape index (κ2) is 4.77. The van der Waals surface area contributed by atoms with Crippen LogP contribution in [0.15, 0.2) is 41.3 Å². The fourth-order valence-corrected chi connectivity index (χ4v) is 1.65. The molecule has 0 saturated carbocycles. The fraction of sp³-hybridized carbons (Fsp3) is 0. The minimum absolute atomic E-state index is 0.0691. The fourth-order valence-electron chi connectivity index (χ4n) is 1.65. The molecule has 2 rings (SSSR count). The van der Waals surface area contributed by atoms with Crippen LogP contribution in [0.3, 0.4) is 0 Å². The molecular formula is C13H9NO5. The van der Waals surface area contributed by atoms with E-state index < -0.39 is 16.8 Å². The molecule has 0 fully saturated rings. The predicted octanol–water partition coefficient (Wildman–Crippen LogP) is 3.20. The molecule has 0 saturated heterocycles. The van der Waals surface area contributed by atoms with Gasteiger partial charge >= 0.3 is 11.9 Å². The number of furan rings is 1. The van der Waals surface area contributed by atoms with Crippen LogP contribution in [0.2, 0.25) is 0 Å². The van der Waals surface area contributed by atoms with E-state index in [1.807, 2.05) is 0 Å². The second-order valence-corrected chi connectivity index (χ2v) is 3.71. The Balaban J connectivity index is 2.57. The third-order valence-electron chi connectivity index (χ3n) is 2.56. The van der Waals surface area contributed by atoms with Crippen LogP contribution in [-0.2, 0) is 0 Å². The largest absolute Gasteiger partial charge is 0.478 e. The molecule has 0 aliphatic rings. The summed E-state index contributed by atoms with van der Waals surface area (Å²) in [6.45, 7) is 3.61. The van der Waals surface area contributed by atoms with Crippen molar-refractivity contribution >= 4 is 17.9 Å². The molecule has 6 heteroatoms. The van der Waals surface area contributed by atoms with Crippen molar-refractivity contribution < 1.29 is 19.2 Å². The van der Waals surface area contributed by atoms with Gasteiger partial charge in [0.25, 0.3) is 0 Å². The summed E-state index contributed by atoms with van der Waals surface area (Å²) >= 11 is 0. The Labute approximate surface area is 107 Å². The van der Waals surface area contributed by atoms with Gasteiger partial charge in [-0.1, -0.05) is 18.7 Å². The molecule has 0 aliphatic heterocycles. The monoisotopic (exact) mass is 259 g/mol. The number of aromatic carboxylic acids is 1. The van der Waals surface area contributed by atoms with Gasteiger partial charge in [0.1, 0.15) is 10.7 Å². The van der Waals surface area contributed by atoms with Gasteiger partial charge in [0, 0.05) is 5.56 Å². The van der Waals surface area contributed by atoms with Crippen LogP contribution in [-0.4, -0.2) is 16.0 Å². The van der Waals surface area contributed by atoms with E-state index in [2.05, 4.69) is 6.58 Å². The summed E-state index contributed by atoms with van der Waals surface area (Å²) in [5.74, 6) is -1.26. The Morgan fingerprint density at radius 3 is 2.63 bits per heavy atom. The molecule has 0 spiro atoms. The molecule has 0 unspecified atom stereocenters. The maximum Gasteiger partial charge on any atom is 0.433 e. The Morgan fingerprint density at radius 2 is 2.11 bits per heavy atom. The van der Waals surface area contributed by atoms with E-state index in [0.717, 1.165) is 0 Å². The number of carboxylic acids is 1. The van der Waals surface area contributed by atoms with Crippen LogP contribution < -0.4 is 0 Å². The van der Waals surface area contributed by atoms with Gasteiger partial charge in [-0.05, 0) is 23.8 Å². The third kappa shape index (κ3) is 2.37. The molecule has 2 aromatic rings. The molecule has 1 heterocycles. The number of hydrogen-bond donors (Lipinski definition) is 1. The summed E-state index contributed by atoms with van der Waals surface area (Å²) in [4.78, 5) is 20.9. The molecule has 1 aromatic carbocycles. The van der Waals surface area contributed by atoms with Gasteiger partial charge in [-0.3, -0.25) is 10.1 Å². The van der Waals surface area contributed by atoms with Crippen LogP contribution in [0.4, 0.5) is 5.88 Å². The quantitative estimate of drug-likeness (QED) is 0.672. The highest BCUT2D eigenvalue weighted by Crippen LogP contribution is 2.30.